The molecule has 0 heterocycles. The molecule has 1 amide bonds. The highest BCUT2D eigenvalue weighted by Gasteiger charge is 2.20. The monoisotopic (exact) mass is 1120 g/mol. The summed E-state index contributed by atoms with van der Waals surface area (Å²) in [4.78, 5) is 12.6. The Morgan fingerprint density at radius 3 is 0.762 bits per heavy atom. The number of carbonyl (C=O) groups excluding carboxylic acids is 1. The zero-order valence-electron chi connectivity index (χ0n) is 54.9. The maximum Gasteiger partial charge on any atom is 0.220 e. The Morgan fingerprint density at radius 2 is 0.512 bits per heavy atom. The second-order valence-electron chi connectivity index (χ2n) is 25.7. The van der Waals surface area contributed by atoms with Crippen LogP contribution in [0.2, 0.25) is 0 Å². The minimum atomic E-state index is -0.659. The summed E-state index contributed by atoms with van der Waals surface area (Å²) < 4.78 is 0. The highest BCUT2D eigenvalue weighted by molar-refractivity contribution is 5.76. The van der Waals surface area contributed by atoms with Gasteiger partial charge in [-0.1, -0.05) is 403 Å². The molecule has 474 valence electrons. The van der Waals surface area contributed by atoms with Crippen LogP contribution in [0.3, 0.4) is 0 Å². The molecular formula is C76H147NO3. The molecule has 80 heavy (non-hydrogen) atoms. The number of unbranched alkanes of at least 4 members (excludes halogenated alkanes) is 57. The first-order valence-electron chi connectivity index (χ1n) is 37.2. The Balaban J connectivity index is 3.36. The molecule has 0 aliphatic rings. The third-order valence-corrected chi connectivity index (χ3v) is 17.7. The minimum Gasteiger partial charge on any atom is -0.394 e. The predicted octanol–water partition coefficient (Wildman–Crippen LogP) is 25.5. The summed E-state index contributed by atoms with van der Waals surface area (Å²) in [6.45, 7) is 4.40. The molecule has 0 bridgehead atoms. The molecule has 0 aliphatic carbocycles. The van der Waals surface area contributed by atoms with E-state index in [1.54, 1.807) is 0 Å². The maximum absolute atomic E-state index is 12.6. The number of hydrogen-bond acceptors (Lipinski definition) is 3. The molecule has 0 saturated carbocycles. The van der Waals surface area contributed by atoms with E-state index in [9.17, 15) is 15.0 Å². The van der Waals surface area contributed by atoms with Gasteiger partial charge in [0.2, 0.25) is 5.91 Å². The van der Waals surface area contributed by atoms with Crippen LogP contribution in [0, 0.1) is 0 Å². The van der Waals surface area contributed by atoms with Gasteiger partial charge >= 0.3 is 0 Å². The van der Waals surface area contributed by atoms with Gasteiger partial charge in [-0.05, 0) is 51.4 Å². The third kappa shape index (κ3) is 67.4. The van der Waals surface area contributed by atoms with Crippen molar-refractivity contribution in [3.63, 3.8) is 0 Å². The number of amides is 1. The zero-order chi connectivity index (χ0) is 57.6. The summed E-state index contributed by atoms with van der Waals surface area (Å²) in [5.74, 6) is -0.0212. The van der Waals surface area contributed by atoms with E-state index >= 15 is 0 Å². The normalized spacial score (nSPS) is 12.8. The molecule has 0 spiro atoms. The highest BCUT2D eigenvalue weighted by Crippen LogP contribution is 2.20. The van der Waals surface area contributed by atoms with E-state index in [0.29, 0.717) is 12.8 Å². The van der Waals surface area contributed by atoms with Gasteiger partial charge in [-0.25, -0.2) is 0 Å². The Bertz CT molecular complexity index is 1230. The molecule has 0 aromatic carbocycles. The topological polar surface area (TPSA) is 69.6 Å². The molecular weight excluding hydrogens is 975 g/mol. The lowest BCUT2D eigenvalue weighted by atomic mass is 10.0. The van der Waals surface area contributed by atoms with Crippen LogP contribution in [0.1, 0.15) is 425 Å². The van der Waals surface area contributed by atoms with E-state index < -0.39 is 12.1 Å². The number of nitrogens with one attached hydrogen (secondary N) is 1. The molecule has 0 aromatic rings. The maximum atomic E-state index is 12.6. The first-order valence-corrected chi connectivity index (χ1v) is 37.2. The van der Waals surface area contributed by atoms with Gasteiger partial charge in [-0.15, -0.1) is 0 Å². The van der Waals surface area contributed by atoms with Crippen LogP contribution in [0.15, 0.2) is 36.5 Å². The lowest BCUT2D eigenvalue weighted by Crippen LogP contribution is -2.45. The van der Waals surface area contributed by atoms with Crippen molar-refractivity contribution in [1.82, 2.24) is 5.32 Å². The molecule has 0 radical (unpaired) electrons. The quantitative estimate of drug-likeness (QED) is 0.0420. The fraction of sp³-hybridized carbons (Fsp3) is 0.908. The van der Waals surface area contributed by atoms with Gasteiger partial charge in [-0.2, -0.15) is 0 Å². The average molecular weight is 1120 g/mol. The second kappa shape index (κ2) is 71.9. The van der Waals surface area contributed by atoms with E-state index in [1.165, 1.54) is 360 Å². The first-order chi connectivity index (χ1) is 39.7. The second-order valence-corrected chi connectivity index (χ2v) is 25.7. The van der Waals surface area contributed by atoms with Crippen molar-refractivity contribution in [3.05, 3.63) is 36.5 Å². The van der Waals surface area contributed by atoms with Crippen LogP contribution in [0.5, 0.6) is 0 Å². The summed E-state index contributed by atoms with van der Waals surface area (Å²) in [6, 6.07) is -0.536. The third-order valence-electron chi connectivity index (χ3n) is 17.7. The van der Waals surface area contributed by atoms with Gasteiger partial charge in [0.05, 0.1) is 18.8 Å². The van der Waals surface area contributed by atoms with E-state index in [2.05, 4.69) is 55.6 Å². The number of aliphatic hydroxyl groups is 2. The largest absolute Gasteiger partial charge is 0.394 e. The van der Waals surface area contributed by atoms with Gasteiger partial charge in [0.15, 0.2) is 0 Å². The van der Waals surface area contributed by atoms with E-state index in [-0.39, 0.29) is 12.5 Å². The lowest BCUT2D eigenvalue weighted by Gasteiger charge is -2.22. The molecule has 0 fully saturated rings. The molecule has 4 heteroatoms. The molecule has 0 rings (SSSR count). The van der Waals surface area contributed by atoms with Crippen molar-refractivity contribution < 1.29 is 15.0 Å². The van der Waals surface area contributed by atoms with Crippen molar-refractivity contribution in [2.45, 2.75) is 437 Å². The molecule has 0 aliphatic heterocycles. The zero-order valence-corrected chi connectivity index (χ0v) is 54.9. The Morgan fingerprint density at radius 1 is 0.300 bits per heavy atom. The van der Waals surface area contributed by atoms with E-state index in [4.69, 9.17) is 0 Å². The summed E-state index contributed by atoms with van der Waals surface area (Å²) in [5, 5.41) is 23.5. The van der Waals surface area contributed by atoms with Crippen LogP contribution >= 0.6 is 0 Å². The predicted molar refractivity (Wildman–Crippen MR) is 359 cm³/mol. The number of hydrogen-bond donors (Lipinski definition) is 3. The van der Waals surface area contributed by atoms with Gasteiger partial charge < -0.3 is 15.5 Å². The number of allylic oxidation sites excluding steroid dienone is 6. The van der Waals surface area contributed by atoms with Crippen LogP contribution in [-0.4, -0.2) is 34.9 Å². The average Bonchev–Trinajstić information content (AvgIpc) is 3.46. The van der Waals surface area contributed by atoms with Crippen LogP contribution in [-0.2, 0) is 4.79 Å². The molecule has 3 N–H and O–H groups in total. The highest BCUT2D eigenvalue weighted by atomic mass is 16.3. The molecule has 2 atom stereocenters. The number of carbonyl (C=O) groups is 1. The SMILES string of the molecule is CCCCCCC/C=C\C/C=C\C/C=C\CCCCCCCCCCCCCCCCCCCCCCCCCCCCC(=O)NC(CO)C(O)CCCCCCCCCCCCCCCCCCCCCCCCCCCCC. The van der Waals surface area contributed by atoms with Crippen molar-refractivity contribution in [3.8, 4) is 0 Å². The van der Waals surface area contributed by atoms with Crippen molar-refractivity contribution in [2.75, 3.05) is 6.61 Å². The summed E-state index contributed by atoms with van der Waals surface area (Å²) in [6.07, 6.45) is 99.4. The molecule has 2 unspecified atom stereocenters. The smallest absolute Gasteiger partial charge is 0.220 e. The minimum absolute atomic E-state index is 0.0212. The number of rotatable bonds is 70. The van der Waals surface area contributed by atoms with Crippen molar-refractivity contribution >= 4 is 5.91 Å². The first kappa shape index (κ1) is 78.6. The molecule has 4 nitrogen and oxygen atoms in total. The summed E-state index contributed by atoms with van der Waals surface area (Å²) >= 11 is 0. The van der Waals surface area contributed by atoms with Crippen LogP contribution < -0.4 is 5.32 Å². The van der Waals surface area contributed by atoms with E-state index in [1.807, 2.05) is 0 Å². The standard InChI is InChI=1S/C76H147NO3/c1-3-5-7-9-11-13-15-17-19-21-23-25-27-29-31-32-33-34-35-36-37-38-39-40-41-42-43-44-46-48-50-52-54-56-58-60-62-64-66-68-70-72-76(80)77-74(73-78)75(79)71-69-67-65-63-61-59-57-55-53-51-49-47-45-30-28-26-24-22-20-18-16-14-12-10-8-6-4-2/h15,17,21,23,27,29,74-75,78-79H,3-14,16,18-20,22,24-26,28,30-73H2,1-2H3,(H,77,80)/b17-15-,23-21-,29-27-. The van der Waals surface area contributed by atoms with Gasteiger partial charge in [0, 0.05) is 6.42 Å². The van der Waals surface area contributed by atoms with Crippen molar-refractivity contribution in [1.29, 1.82) is 0 Å². The molecule has 0 saturated heterocycles. The van der Waals surface area contributed by atoms with Gasteiger partial charge in [0.25, 0.3) is 0 Å². The Hall–Kier alpha value is -1.39. The summed E-state index contributed by atoms with van der Waals surface area (Å²) in [5.41, 5.74) is 0. The lowest BCUT2D eigenvalue weighted by molar-refractivity contribution is -0.123. The molecule has 0 aromatic heterocycles. The van der Waals surface area contributed by atoms with Crippen LogP contribution in [0.4, 0.5) is 0 Å². The van der Waals surface area contributed by atoms with Gasteiger partial charge in [0.1, 0.15) is 0 Å². The Kier molecular flexibility index (Phi) is 70.6. The van der Waals surface area contributed by atoms with Crippen molar-refractivity contribution in [2.24, 2.45) is 0 Å². The van der Waals surface area contributed by atoms with Crippen LogP contribution in [0.25, 0.3) is 0 Å². The summed E-state index contributed by atoms with van der Waals surface area (Å²) in [7, 11) is 0. The van der Waals surface area contributed by atoms with Gasteiger partial charge in [-0.3, -0.25) is 4.79 Å². The Labute approximate surface area is 503 Å². The fourth-order valence-corrected chi connectivity index (χ4v) is 12.0. The number of aliphatic hydroxyl groups excluding tert-OH is 2. The van der Waals surface area contributed by atoms with E-state index in [0.717, 1.165) is 38.5 Å². The fourth-order valence-electron chi connectivity index (χ4n) is 12.0.